The molecule has 0 N–H and O–H groups in total. The zero-order valence-electron chi connectivity index (χ0n) is 12.1. The molecule has 0 radical (unpaired) electrons. The highest BCUT2D eigenvalue weighted by molar-refractivity contribution is 8.12. The van der Waals surface area contributed by atoms with Crippen LogP contribution in [-0.2, 0) is 0 Å². The molecule has 0 heterocycles. The van der Waals surface area contributed by atoms with Crippen molar-refractivity contribution in [1.29, 1.82) is 0 Å². The minimum Gasteiger partial charge on any atom is -0.338 e. The van der Waals surface area contributed by atoms with Crippen molar-refractivity contribution in [3.8, 4) is 0 Å². The second kappa shape index (κ2) is 7.68. The molecule has 0 aliphatic rings. The lowest BCUT2D eigenvalue weighted by molar-refractivity contribution is 0.241. The van der Waals surface area contributed by atoms with Gasteiger partial charge in [0.25, 0.3) is 0 Å². The van der Waals surface area contributed by atoms with Crippen LogP contribution in [0.3, 0.4) is 0 Å². The van der Waals surface area contributed by atoms with Crippen molar-refractivity contribution in [2.24, 2.45) is 4.40 Å². The van der Waals surface area contributed by atoms with Crippen LogP contribution < -0.4 is 0 Å². The maximum atomic E-state index is 11.8. The quantitative estimate of drug-likeness (QED) is 0.564. The Hall–Kier alpha value is -1.49. The molecule has 2 rings (SSSR count). The number of halogens is 2. The molecule has 0 aromatic heterocycles. The topological polar surface area (TPSA) is 32.7 Å². The average molecular weight is 353 g/mol. The first kappa shape index (κ1) is 16.9. The summed E-state index contributed by atoms with van der Waals surface area (Å²) in [6.45, 7) is 0. The summed E-state index contributed by atoms with van der Waals surface area (Å²) < 4.78 is 4.40. The Kier molecular flexibility index (Phi) is 5.89. The lowest BCUT2D eigenvalue weighted by Gasteiger charge is -2.10. The molecule has 0 saturated heterocycles. The van der Waals surface area contributed by atoms with Crippen LogP contribution in [-0.4, -0.2) is 29.9 Å². The van der Waals surface area contributed by atoms with Crippen LogP contribution in [0.5, 0.6) is 0 Å². The zero-order valence-corrected chi connectivity index (χ0v) is 14.4. The van der Waals surface area contributed by atoms with E-state index in [4.69, 9.17) is 23.2 Å². The molecular formula is C16H14Cl2N2OS. The highest BCUT2D eigenvalue weighted by atomic mass is 35.5. The van der Waals surface area contributed by atoms with Crippen molar-refractivity contribution in [2.75, 3.05) is 14.1 Å². The van der Waals surface area contributed by atoms with E-state index >= 15 is 0 Å². The van der Waals surface area contributed by atoms with Gasteiger partial charge >= 0.3 is 5.24 Å². The second-order valence-electron chi connectivity index (χ2n) is 4.71. The van der Waals surface area contributed by atoms with Crippen LogP contribution in [0, 0.1) is 0 Å². The fourth-order valence-corrected chi connectivity index (χ4v) is 2.45. The Morgan fingerprint density at radius 2 is 1.32 bits per heavy atom. The van der Waals surface area contributed by atoms with Gasteiger partial charge in [-0.3, -0.25) is 4.79 Å². The standard InChI is InChI=1S/C16H14Cl2N2OS/c1-20(2)16(21)22-19-15(11-3-7-13(17)8-4-11)12-5-9-14(18)10-6-12/h3-10H,1-2H3. The summed E-state index contributed by atoms with van der Waals surface area (Å²) in [6.07, 6.45) is 0. The van der Waals surface area contributed by atoms with E-state index < -0.39 is 0 Å². The van der Waals surface area contributed by atoms with Crippen LogP contribution in [0.15, 0.2) is 52.9 Å². The second-order valence-corrected chi connectivity index (χ2v) is 6.29. The molecule has 0 atom stereocenters. The molecule has 0 saturated carbocycles. The summed E-state index contributed by atoms with van der Waals surface area (Å²) in [6, 6.07) is 14.7. The first-order chi connectivity index (χ1) is 10.5. The lowest BCUT2D eigenvalue weighted by Crippen LogP contribution is -2.16. The number of rotatable bonds is 3. The normalized spacial score (nSPS) is 10.2. The van der Waals surface area contributed by atoms with Crippen molar-refractivity contribution < 1.29 is 4.79 Å². The number of nitrogens with zero attached hydrogens (tertiary/aromatic N) is 2. The molecule has 0 aliphatic heterocycles. The van der Waals surface area contributed by atoms with Gasteiger partial charge in [0.1, 0.15) is 0 Å². The third-order valence-electron chi connectivity index (χ3n) is 2.82. The van der Waals surface area contributed by atoms with Crippen LogP contribution in [0.4, 0.5) is 4.79 Å². The van der Waals surface area contributed by atoms with Crippen molar-refractivity contribution in [3.05, 3.63) is 69.7 Å². The predicted molar refractivity (Wildman–Crippen MR) is 95.2 cm³/mol. The van der Waals surface area contributed by atoms with Gasteiger partial charge in [0.05, 0.1) is 17.7 Å². The number of carbonyl (C=O) groups excluding carboxylic acids is 1. The lowest BCUT2D eigenvalue weighted by atomic mass is 10.0. The van der Waals surface area contributed by atoms with Gasteiger partial charge in [0.15, 0.2) is 0 Å². The summed E-state index contributed by atoms with van der Waals surface area (Å²) in [5.41, 5.74) is 2.46. The third kappa shape index (κ3) is 4.50. The van der Waals surface area contributed by atoms with Gasteiger partial charge in [0, 0.05) is 35.3 Å². The summed E-state index contributed by atoms with van der Waals surface area (Å²) in [4.78, 5) is 13.2. The van der Waals surface area contributed by atoms with E-state index in [-0.39, 0.29) is 5.24 Å². The van der Waals surface area contributed by atoms with Gasteiger partial charge in [-0.1, -0.05) is 47.5 Å². The molecule has 2 aromatic rings. The largest absolute Gasteiger partial charge is 0.338 e. The predicted octanol–water partition coefficient (Wildman–Crippen LogP) is 5.16. The molecule has 0 fully saturated rings. The summed E-state index contributed by atoms with van der Waals surface area (Å²) >= 11 is 12.8. The summed E-state index contributed by atoms with van der Waals surface area (Å²) in [5, 5.41) is 1.16. The molecule has 6 heteroatoms. The van der Waals surface area contributed by atoms with E-state index in [1.807, 2.05) is 24.3 Å². The van der Waals surface area contributed by atoms with E-state index in [0.717, 1.165) is 23.1 Å². The van der Waals surface area contributed by atoms with Crippen LogP contribution >= 0.6 is 35.1 Å². The Labute approximate surface area is 144 Å². The fourth-order valence-electron chi connectivity index (χ4n) is 1.65. The van der Waals surface area contributed by atoms with Gasteiger partial charge in [-0.15, -0.1) is 0 Å². The van der Waals surface area contributed by atoms with E-state index in [1.165, 1.54) is 4.90 Å². The van der Waals surface area contributed by atoms with Crippen molar-refractivity contribution in [1.82, 2.24) is 4.90 Å². The highest BCUT2D eigenvalue weighted by Gasteiger charge is 2.10. The molecule has 0 unspecified atom stereocenters. The molecule has 2 aromatic carbocycles. The van der Waals surface area contributed by atoms with E-state index in [2.05, 4.69) is 4.40 Å². The number of carbonyl (C=O) groups is 1. The highest BCUT2D eigenvalue weighted by Crippen LogP contribution is 2.20. The first-order valence-electron chi connectivity index (χ1n) is 6.45. The molecular weight excluding hydrogens is 339 g/mol. The molecule has 0 aliphatic carbocycles. The molecule has 22 heavy (non-hydrogen) atoms. The summed E-state index contributed by atoms with van der Waals surface area (Å²) in [7, 11) is 3.38. The maximum Gasteiger partial charge on any atom is 0.303 e. The Morgan fingerprint density at radius 1 is 0.909 bits per heavy atom. The smallest absolute Gasteiger partial charge is 0.303 e. The molecule has 3 nitrogen and oxygen atoms in total. The monoisotopic (exact) mass is 352 g/mol. The van der Waals surface area contributed by atoms with Gasteiger partial charge in [-0.25, -0.2) is 4.40 Å². The van der Waals surface area contributed by atoms with E-state index in [0.29, 0.717) is 15.8 Å². The number of benzene rings is 2. The molecule has 1 amide bonds. The first-order valence-corrected chi connectivity index (χ1v) is 7.98. The Balaban J connectivity index is 2.40. The number of amides is 1. The Bertz CT molecular complexity index is 635. The fraction of sp³-hybridized carbons (Fsp3) is 0.125. The van der Waals surface area contributed by atoms with Crippen molar-refractivity contribution in [3.63, 3.8) is 0 Å². The van der Waals surface area contributed by atoms with E-state index in [9.17, 15) is 4.79 Å². The third-order valence-corrected chi connectivity index (χ3v) is 4.11. The van der Waals surface area contributed by atoms with Crippen LogP contribution in [0.2, 0.25) is 10.0 Å². The van der Waals surface area contributed by atoms with Crippen molar-refractivity contribution >= 4 is 46.1 Å². The number of hydrogen-bond donors (Lipinski definition) is 0. The van der Waals surface area contributed by atoms with Gasteiger partial charge in [-0.2, -0.15) is 0 Å². The van der Waals surface area contributed by atoms with Gasteiger partial charge in [-0.05, 0) is 24.3 Å². The minimum absolute atomic E-state index is 0.138. The number of hydrogen-bond acceptors (Lipinski definition) is 3. The zero-order chi connectivity index (χ0) is 16.1. The maximum absolute atomic E-state index is 11.8. The van der Waals surface area contributed by atoms with Gasteiger partial charge < -0.3 is 4.90 Å². The van der Waals surface area contributed by atoms with Crippen LogP contribution in [0.25, 0.3) is 0 Å². The average Bonchev–Trinajstić information content (AvgIpc) is 2.50. The summed E-state index contributed by atoms with van der Waals surface area (Å²) in [5.74, 6) is 0. The molecule has 0 spiro atoms. The van der Waals surface area contributed by atoms with Crippen molar-refractivity contribution in [2.45, 2.75) is 0 Å². The van der Waals surface area contributed by atoms with Crippen LogP contribution in [0.1, 0.15) is 11.1 Å². The van der Waals surface area contributed by atoms with E-state index in [1.54, 1.807) is 38.4 Å². The Morgan fingerprint density at radius 3 is 1.68 bits per heavy atom. The minimum atomic E-state index is -0.138. The SMILES string of the molecule is CN(C)C(=O)SN=C(c1ccc(Cl)cc1)c1ccc(Cl)cc1. The molecule has 0 bridgehead atoms. The van der Waals surface area contributed by atoms with Gasteiger partial charge in [0.2, 0.25) is 0 Å². The molecule has 114 valence electrons.